The second kappa shape index (κ2) is 8.70. The highest BCUT2D eigenvalue weighted by Crippen LogP contribution is 2.26. The van der Waals surface area contributed by atoms with Gasteiger partial charge in [0, 0.05) is 23.8 Å². The molecule has 2 amide bonds. The van der Waals surface area contributed by atoms with E-state index in [-0.39, 0.29) is 18.1 Å². The molecule has 0 aliphatic heterocycles. The lowest BCUT2D eigenvalue weighted by Crippen LogP contribution is -2.25. The molecule has 8 heteroatoms. The van der Waals surface area contributed by atoms with Crippen LogP contribution in [-0.2, 0) is 9.53 Å². The van der Waals surface area contributed by atoms with Crippen LogP contribution in [0.4, 0.5) is 14.9 Å². The van der Waals surface area contributed by atoms with Gasteiger partial charge in [-0.2, -0.15) is 0 Å². The molecule has 0 fully saturated rings. The molecule has 0 atom stereocenters. The van der Waals surface area contributed by atoms with E-state index in [0.29, 0.717) is 5.75 Å². The molecule has 5 nitrogen and oxygen atoms in total. The van der Waals surface area contributed by atoms with Crippen molar-refractivity contribution in [2.45, 2.75) is 6.42 Å². The van der Waals surface area contributed by atoms with Gasteiger partial charge in [0.15, 0.2) is 0 Å². The van der Waals surface area contributed by atoms with E-state index in [1.807, 2.05) is 0 Å². The van der Waals surface area contributed by atoms with Crippen LogP contribution in [0, 0.1) is 5.82 Å². The smallest absolute Gasteiger partial charge is 0.332 e. The number of rotatable bonds is 6. The summed E-state index contributed by atoms with van der Waals surface area (Å²) in [6, 6.07) is 5.50. The summed E-state index contributed by atoms with van der Waals surface area (Å²) in [5.41, 5.74) is 0.129. The Bertz CT molecular complexity index is 474. The molecule has 0 aliphatic rings. The molecular formula is C12H15FN2O3S2. The van der Waals surface area contributed by atoms with E-state index < -0.39 is 11.8 Å². The van der Waals surface area contributed by atoms with Crippen molar-refractivity contribution in [3.8, 4) is 0 Å². The van der Waals surface area contributed by atoms with Gasteiger partial charge in [-0.1, -0.05) is 22.9 Å². The molecule has 0 unspecified atom stereocenters. The Morgan fingerprint density at radius 3 is 2.75 bits per heavy atom. The Kier molecular flexibility index (Phi) is 7.24. The van der Waals surface area contributed by atoms with Crippen LogP contribution in [0.1, 0.15) is 6.42 Å². The van der Waals surface area contributed by atoms with Gasteiger partial charge in [0.2, 0.25) is 0 Å². The number of benzene rings is 1. The molecule has 0 aliphatic carbocycles. The van der Waals surface area contributed by atoms with E-state index >= 15 is 0 Å². The van der Waals surface area contributed by atoms with Gasteiger partial charge in [-0.25, -0.2) is 9.18 Å². The Labute approximate surface area is 124 Å². The zero-order chi connectivity index (χ0) is 15.0. The number of esters is 1. The first-order valence-corrected chi connectivity index (χ1v) is 7.98. The SMILES string of the molecule is COC(=O)CCSSN(C)C(=O)Nc1ccccc1F. The van der Waals surface area contributed by atoms with E-state index in [1.54, 1.807) is 19.2 Å². The number of anilines is 1. The van der Waals surface area contributed by atoms with Crippen LogP contribution in [-0.4, -0.2) is 36.2 Å². The van der Waals surface area contributed by atoms with Crippen molar-refractivity contribution in [3.05, 3.63) is 30.1 Å². The van der Waals surface area contributed by atoms with Gasteiger partial charge < -0.3 is 10.1 Å². The molecule has 1 N–H and O–H groups in total. The predicted octanol–water partition coefficient (Wildman–Crippen LogP) is 3.15. The quantitative estimate of drug-likeness (QED) is 0.378. The first kappa shape index (κ1) is 16.6. The summed E-state index contributed by atoms with van der Waals surface area (Å²) in [5, 5.41) is 2.46. The van der Waals surface area contributed by atoms with Crippen molar-refractivity contribution in [2.24, 2.45) is 0 Å². The van der Waals surface area contributed by atoms with E-state index in [4.69, 9.17) is 0 Å². The summed E-state index contributed by atoms with van der Waals surface area (Å²) in [6.07, 6.45) is 0.275. The van der Waals surface area contributed by atoms with Gasteiger partial charge >= 0.3 is 12.0 Å². The standard InChI is InChI=1S/C12H15FN2O3S2/c1-15(20-19-8-7-11(16)18-2)12(17)14-10-6-4-3-5-9(10)13/h3-6H,7-8H2,1-2H3,(H,14,17). The number of hydrogen-bond acceptors (Lipinski definition) is 5. The first-order valence-electron chi connectivity index (χ1n) is 5.70. The maximum atomic E-state index is 13.4. The molecule has 0 aromatic heterocycles. The predicted molar refractivity (Wildman–Crippen MR) is 79.9 cm³/mol. The Morgan fingerprint density at radius 1 is 1.40 bits per heavy atom. The summed E-state index contributed by atoms with van der Waals surface area (Å²) >= 11 is 0. The van der Waals surface area contributed by atoms with E-state index in [2.05, 4.69) is 10.1 Å². The molecule has 1 rings (SSSR count). The van der Waals surface area contributed by atoms with E-state index in [1.165, 1.54) is 45.3 Å². The molecule has 110 valence electrons. The number of hydrogen-bond donors (Lipinski definition) is 1. The van der Waals surface area contributed by atoms with Crippen LogP contribution in [0.3, 0.4) is 0 Å². The number of amides is 2. The van der Waals surface area contributed by atoms with Crippen LogP contribution in [0.15, 0.2) is 24.3 Å². The fourth-order valence-electron chi connectivity index (χ4n) is 1.13. The monoisotopic (exact) mass is 318 g/mol. The van der Waals surface area contributed by atoms with E-state index in [0.717, 1.165) is 0 Å². The van der Waals surface area contributed by atoms with Gasteiger partial charge in [-0.15, -0.1) is 0 Å². The van der Waals surface area contributed by atoms with Crippen molar-refractivity contribution < 1.29 is 18.7 Å². The largest absolute Gasteiger partial charge is 0.469 e. The fourth-order valence-corrected chi connectivity index (χ4v) is 2.88. The van der Waals surface area contributed by atoms with Crippen LogP contribution >= 0.6 is 21.8 Å². The number of para-hydroxylation sites is 1. The number of carbonyl (C=O) groups is 2. The Hall–Kier alpha value is -1.41. The third-order valence-corrected chi connectivity index (χ3v) is 4.54. The summed E-state index contributed by atoms with van der Waals surface area (Å²) in [7, 11) is 5.39. The molecule has 20 heavy (non-hydrogen) atoms. The number of carbonyl (C=O) groups excluding carboxylic acids is 2. The van der Waals surface area contributed by atoms with Crippen LogP contribution < -0.4 is 5.32 Å². The Morgan fingerprint density at radius 2 is 2.10 bits per heavy atom. The zero-order valence-electron chi connectivity index (χ0n) is 11.1. The zero-order valence-corrected chi connectivity index (χ0v) is 12.7. The lowest BCUT2D eigenvalue weighted by Gasteiger charge is -2.15. The number of halogens is 1. The van der Waals surface area contributed by atoms with Crippen molar-refractivity contribution in [1.29, 1.82) is 0 Å². The average Bonchev–Trinajstić information content (AvgIpc) is 2.45. The highest BCUT2D eigenvalue weighted by atomic mass is 33.1. The lowest BCUT2D eigenvalue weighted by molar-refractivity contribution is -0.140. The number of nitrogens with one attached hydrogen (secondary N) is 1. The Balaban J connectivity index is 2.33. The number of nitrogens with zero attached hydrogens (tertiary/aromatic N) is 1. The van der Waals surface area contributed by atoms with Gasteiger partial charge in [0.05, 0.1) is 19.2 Å². The minimum atomic E-state index is -0.488. The fraction of sp³-hybridized carbons (Fsp3) is 0.333. The van der Waals surface area contributed by atoms with E-state index in [9.17, 15) is 14.0 Å². The maximum Gasteiger partial charge on any atom is 0.332 e. The summed E-state index contributed by atoms with van der Waals surface area (Å²) in [4.78, 5) is 22.7. The maximum absolute atomic E-state index is 13.4. The van der Waals surface area contributed by atoms with Gasteiger partial charge in [0.25, 0.3) is 0 Å². The average molecular weight is 318 g/mol. The van der Waals surface area contributed by atoms with Gasteiger partial charge in [-0.3, -0.25) is 9.10 Å². The second-order valence-corrected chi connectivity index (χ2v) is 6.13. The number of urea groups is 1. The molecule has 0 radical (unpaired) electrons. The number of methoxy groups -OCH3 is 1. The van der Waals surface area contributed by atoms with Crippen molar-refractivity contribution in [2.75, 3.05) is 25.2 Å². The summed E-state index contributed by atoms with van der Waals surface area (Å²) < 4.78 is 19.2. The first-order chi connectivity index (χ1) is 9.54. The number of ether oxygens (including phenoxy) is 1. The topological polar surface area (TPSA) is 58.6 Å². The summed E-state index contributed by atoms with van der Waals surface area (Å²) in [5.74, 6) is -0.261. The molecule has 0 bridgehead atoms. The van der Waals surface area contributed by atoms with Gasteiger partial charge in [-0.05, 0) is 12.1 Å². The van der Waals surface area contributed by atoms with Crippen molar-refractivity contribution in [1.82, 2.24) is 4.31 Å². The molecule has 0 saturated carbocycles. The third kappa shape index (κ3) is 5.70. The molecular weight excluding hydrogens is 303 g/mol. The minimum Gasteiger partial charge on any atom is -0.469 e. The highest BCUT2D eigenvalue weighted by Gasteiger charge is 2.12. The molecule has 1 aromatic rings. The van der Waals surface area contributed by atoms with Crippen LogP contribution in [0.2, 0.25) is 0 Å². The molecule has 0 spiro atoms. The normalized spacial score (nSPS) is 9.95. The second-order valence-electron chi connectivity index (χ2n) is 3.63. The van der Waals surface area contributed by atoms with Crippen LogP contribution in [0.5, 0.6) is 0 Å². The summed E-state index contributed by atoms with van der Waals surface area (Å²) in [6.45, 7) is 0. The van der Waals surface area contributed by atoms with Crippen molar-refractivity contribution in [3.63, 3.8) is 0 Å². The molecule has 0 saturated heterocycles. The van der Waals surface area contributed by atoms with Crippen molar-refractivity contribution >= 4 is 39.5 Å². The molecule has 1 aromatic carbocycles. The highest BCUT2D eigenvalue weighted by molar-refractivity contribution is 8.75. The van der Waals surface area contributed by atoms with Crippen LogP contribution in [0.25, 0.3) is 0 Å². The lowest BCUT2D eigenvalue weighted by atomic mass is 10.3. The third-order valence-electron chi connectivity index (χ3n) is 2.18. The van der Waals surface area contributed by atoms with Gasteiger partial charge in [0.1, 0.15) is 5.82 Å². The molecule has 0 heterocycles. The minimum absolute atomic E-state index is 0.129.